The second-order valence-corrected chi connectivity index (χ2v) is 5.67. The summed E-state index contributed by atoms with van der Waals surface area (Å²) in [4.78, 5) is 3.32. The first kappa shape index (κ1) is 24.0. The molecule has 134 valence electrons. The molecule has 0 aliphatic heterocycles. The molecule has 2 nitrogen and oxygen atoms in total. The lowest BCUT2D eigenvalue weighted by atomic mass is 10.0. The lowest BCUT2D eigenvalue weighted by Gasteiger charge is -2.04. The maximum absolute atomic E-state index is 5.62. The van der Waals surface area contributed by atoms with Gasteiger partial charge in [-0.25, -0.2) is 0 Å². The van der Waals surface area contributed by atoms with Gasteiger partial charge in [0.05, 0.1) is 0 Å². The number of fused-ring (bicyclic) bond motifs is 1. The second kappa shape index (κ2) is 15.6. The molecule has 1 aromatic carbocycles. The maximum Gasteiger partial charge on any atom is 0.0459 e. The molecule has 2 heteroatoms. The fourth-order valence-corrected chi connectivity index (χ4v) is 2.17. The minimum absolute atomic E-state index is 0.716. The molecule has 0 aliphatic rings. The summed E-state index contributed by atoms with van der Waals surface area (Å²) >= 11 is 0. The van der Waals surface area contributed by atoms with Crippen LogP contribution in [-0.2, 0) is 12.8 Å². The quantitative estimate of drug-likeness (QED) is 0.678. The maximum atomic E-state index is 5.62. The predicted molar refractivity (Wildman–Crippen MR) is 108 cm³/mol. The van der Waals surface area contributed by atoms with Crippen molar-refractivity contribution in [3.63, 3.8) is 0 Å². The van der Waals surface area contributed by atoms with Crippen molar-refractivity contribution in [3.8, 4) is 0 Å². The number of nitrogens with one attached hydrogen (secondary N) is 1. The highest BCUT2D eigenvalue weighted by Gasteiger charge is 2.06. The van der Waals surface area contributed by atoms with E-state index in [-0.39, 0.29) is 0 Å². The molecule has 0 atom stereocenters. The first-order chi connectivity index (χ1) is 11.1. The average Bonchev–Trinajstić information content (AvgIpc) is 2.96. The average molecular weight is 321 g/mol. The van der Waals surface area contributed by atoms with E-state index in [9.17, 15) is 0 Å². The van der Waals surface area contributed by atoms with Gasteiger partial charge in [-0.2, -0.15) is 0 Å². The zero-order chi connectivity index (χ0) is 18.3. The van der Waals surface area contributed by atoms with Gasteiger partial charge in [0.25, 0.3) is 0 Å². The number of aromatic amines is 1. The van der Waals surface area contributed by atoms with Gasteiger partial charge in [0, 0.05) is 17.1 Å². The van der Waals surface area contributed by atoms with Gasteiger partial charge in [-0.1, -0.05) is 73.9 Å². The van der Waals surface area contributed by atoms with Gasteiger partial charge in [0.15, 0.2) is 0 Å². The Morgan fingerprint density at radius 1 is 0.957 bits per heavy atom. The third-order valence-corrected chi connectivity index (χ3v) is 2.81. The molecule has 0 unspecified atom stereocenters. The number of benzene rings is 1. The van der Waals surface area contributed by atoms with Crippen LogP contribution in [0.4, 0.5) is 0 Å². The largest absolute Gasteiger partial charge is 0.361 e. The fourth-order valence-electron chi connectivity index (χ4n) is 2.17. The second-order valence-electron chi connectivity index (χ2n) is 5.67. The number of hydrogen-bond acceptors (Lipinski definition) is 1. The van der Waals surface area contributed by atoms with Gasteiger partial charge >= 0.3 is 0 Å². The summed E-state index contributed by atoms with van der Waals surface area (Å²) in [6.45, 7) is 17.4. The minimum atomic E-state index is 0.716. The molecule has 3 N–H and O–H groups in total. The van der Waals surface area contributed by atoms with E-state index >= 15 is 0 Å². The SMILES string of the molecule is CC.CC.CC(C)C.CCCc1cccc2[nH]cc(CCN)c12. The molecular formula is C21H40N2. The van der Waals surface area contributed by atoms with Crippen LogP contribution in [0.1, 0.15) is 72.9 Å². The van der Waals surface area contributed by atoms with E-state index < -0.39 is 0 Å². The van der Waals surface area contributed by atoms with Crippen LogP contribution >= 0.6 is 0 Å². The topological polar surface area (TPSA) is 41.8 Å². The first-order valence-electron chi connectivity index (χ1n) is 9.38. The summed E-state index contributed by atoms with van der Waals surface area (Å²) in [7, 11) is 0. The van der Waals surface area contributed by atoms with Crippen molar-refractivity contribution in [1.82, 2.24) is 4.98 Å². The van der Waals surface area contributed by atoms with Gasteiger partial charge in [0.2, 0.25) is 0 Å². The highest BCUT2D eigenvalue weighted by atomic mass is 14.7. The third kappa shape index (κ3) is 9.45. The fraction of sp³-hybridized carbons (Fsp3) is 0.619. The predicted octanol–water partition coefficient (Wildman–Crippen LogP) is 6.34. The minimum Gasteiger partial charge on any atom is -0.361 e. The molecule has 1 aromatic heterocycles. The van der Waals surface area contributed by atoms with Crippen LogP contribution in [0.2, 0.25) is 0 Å². The number of aryl methyl sites for hydroxylation is 1. The van der Waals surface area contributed by atoms with Crippen molar-refractivity contribution in [2.24, 2.45) is 11.7 Å². The van der Waals surface area contributed by atoms with Crippen LogP contribution < -0.4 is 5.73 Å². The number of nitrogens with two attached hydrogens (primary N) is 1. The molecular weight excluding hydrogens is 280 g/mol. The Morgan fingerprint density at radius 3 is 2.00 bits per heavy atom. The lowest BCUT2D eigenvalue weighted by molar-refractivity contribution is 0.737. The summed E-state index contributed by atoms with van der Waals surface area (Å²) < 4.78 is 0. The van der Waals surface area contributed by atoms with Crippen LogP contribution in [-0.4, -0.2) is 11.5 Å². The van der Waals surface area contributed by atoms with Crippen LogP contribution in [0.3, 0.4) is 0 Å². The Bertz CT molecular complexity index is 481. The molecule has 0 fully saturated rings. The summed E-state index contributed by atoms with van der Waals surface area (Å²) in [6.07, 6.45) is 5.39. The van der Waals surface area contributed by atoms with Gasteiger partial charge in [0.1, 0.15) is 0 Å². The molecule has 23 heavy (non-hydrogen) atoms. The molecule has 0 saturated heterocycles. The van der Waals surface area contributed by atoms with Gasteiger partial charge in [-0.15, -0.1) is 0 Å². The van der Waals surface area contributed by atoms with Crippen molar-refractivity contribution in [2.75, 3.05) is 6.54 Å². The molecule has 0 radical (unpaired) electrons. The van der Waals surface area contributed by atoms with E-state index in [4.69, 9.17) is 5.73 Å². The number of hydrogen-bond donors (Lipinski definition) is 2. The Hall–Kier alpha value is -1.28. The standard InChI is InChI=1S/C13H18N2.C4H10.2C2H6/c1-2-4-10-5-3-6-12-13(10)11(7-8-14)9-15-12;1-4(2)3;2*1-2/h3,5-6,9,15H,2,4,7-8,14H2,1H3;4H,1-3H3;2*1-2H3. The van der Waals surface area contributed by atoms with Crippen molar-refractivity contribution >= 4 is 10.9 Å². The van der Waals surface area contributed by atoms with E-state index in [2.05, 4.69) is 57.1 Å². The number of H-pyrrole nitrogens is 1. The van der Waals surface area contributed by atoms with E-state index in [1.807, 2.05) is 27.7 Å². The Morgan fingerprint density at radius 2 is 1.52 bits per heavy atom. The molecule has 1 heterocycles. The van der Waals surface area contributed by atoms with Gasteiger partial charge < -0.3 is 10.7 Å². The zero-order valence-electron chi connectivity index (χ0n) is 16.8. The van der Waals surface area contributed by atoms with Crippen LogP contribution in [0.25, 0.3) is 10.9 Å². The van der Waals surface area contributed by atoms with E-state index in [1.54, 1.807) is 0 Å². The summed E-state index contributed by atoms with van der Waals surface area (Å²) in [6, 6.07) is 6.48. The van der Waals surface area contributed by atoms with E-state index in [0.29, 0.717) is 6.54 Å². The highest BCUT2D eigenvalue weighted by molar-refractivity contribution is 5.86. The Balaban J connectivity index is 0. The molecule has 0 aliphatic carbocycles. The van der Waals surface area contributed by atoms with Crippen LogP contribution in [0.5, 0.6) is 0 Å². The van der Waals surface area contributed by atoms with Crippen LogP contribution in [0.15, 0.2) is 24.4 Å². The molecule has 2 rings (SSSR count). The normalized spacial score (nSPS) is 9.30. The van der Waals surface area contributed by atoms with Gasteiger partial charge in [-0.05, 0) is 42.5 Å². The first-order valence-corrected chi connectivity index (χ1v) is 9.38. The van der Waals surface area contributed by atoms with Gasteiger partial charge in [-0.3, -0.25) is 0 Å². The Kier molecular flexibility index (Phi) is 16.3. The van der Waals surface area contributed by atoms with Crippen molar-refractivity contribution < 1.29 is 0 Å². The molecule has 2 aromatic rings. The zero-order valence-corrected chi connectivity index (χ0v) is 16.8. The van der Waals surface area contributed by atoms with Crippen molar-refractivity contribution in [3.05, 3.63) is 35.5 Å². The van der Waals surface area contributed by atoms with Crippen molar-refractivity contribution in [1.29, 1.82) is 0 Å². The third-order valence-electron chi connectivity index (χ3n) is 2.81. The molecule has 0 bridgehead atoms. The summed E-state index contributed by atoms with van der Waals surface area (Å²) in [5, 5.41) is 1.39. The lowest BCUT2D eigenvalue weighted by Crippen LogP contribution is -2.02. The molecule has 0 amide bonds. The van der Waals surface area contributed by atoms with Crippen LogP contribution in [0, 0.1) is 5.92 Å². The summed E-state index contributed by atoms with van der Waals surface area (Å²) in [5.41, 5.74) is 9.66. The number of rotatable bonds is 4. The van der Waals surface area contributed by atoms with Crippen molar-refractivity contribution in [2.45, 2.75) is 74.7 Å². The van der Waals surface area contributed by atoms with E-state index in [0.717, 1.165) is 18.8 Å². The summed E-state index contributed by atoms with van der Waals surface area (Å²) in [5.74, 6) is 0.833. The molecule has 0 spiro atoms. The highest BCUT2D eigenvalue weighted by Crippen LogP contribution is 2.23. The van der Waals surface area contributed by atoms with E-state index in [1.165, 1.54) is 28.5 Å². The smallest absolute Gasteiger partial charge is 0.0459 e. The monoisotopic (exact) mass is 320 g/mol. The Labute approximate surface area is 144 Å². The molecule has 0 saturated carbocycles. The number of aromatic nitrogens is 1.